The molecule has 1 aromatic heterocycles. The van der Waals surface area contributed by atoms with E-state index in [9.17, 15) is 0 Å². The summed E-state index contributed by atoms with van der Waals surface area (Å²) in [4.78, 5) is 2.43. The molecule has 0 fully saturated rings. The lowest BCUT2D eigenvalue weighted by Crippen LogP contribution is -2.31. The number of hydrogen-bond acceptors (Lipinski definition) is 5. The van der Waals surface area contributed by atoms with E-state index in [0.717, 1.165) is 47.0 Å². The summed E-state index contributed by atoms with van der Waals surface area (Å²) in [5.74, 6) is 1.59. The summed E-state index contributed by atoms with van der Waals surface area (Å²) in [7, 11) is 1.69. The van der Waals surface area contributed by atoms with Crippen molar-refractivity contribution in [3.63, 3.8) is 0 Å². The Kier molecular flexibility index (Phi) is 7.38. The van der Waals surface area contributed by atoms with Gasteiger partial charge in [0.25, 0.3) is 0 Å². The van der Waals surface area contributed by atoms with E-state index in [-0.39, 0.29) is 6.04 Å². The number of para-hydroxylation sites is 1. The van der Waals surface area contributed by atoms with E-state index in [2.05, 4.69) is 113 Å². The van der Waals surface area contributed by atoms with Crippen molar-refractivity contribution in [2.45, 2.75) is 33.0 Å². The van der Waals surface area contributed by atoms with Crippen LogP contribution in [0.15, 0.2) is 103 Å². The van der Waals surface area contributed by atoms with Gasteiger partial charge in [0, 0.05) is 13.1 Å². The van der Waals surface area contributed by atoms with Gasteiger partial charge in [-0.3, -0.25) is 4.90 Å². The van der Waals surface area contributed by atoms with Crippen molar-refractivity contribution in [1.29, 1.82) is 0 Å². The first kappa shape index (κ1) is 24.4. The molecule has 0 aliphatic heterocycles. The van der Waals surface area contributed by atoms with Gasteiger partial charge in [0.1, 0.15) is 5.75 Å². The Balaban J connectivity index is 1.67. The number of aryl methyl sites for hydroxylation is 2. The zero-order chi connectivity index (χ0) is 25.6. The third kappa shape index (κ3) is 5.44. The standard InChI is InChI=1S/C31H31N5O/c1-23-11-10-12-24(2)29(23)36-31(32-33-34-36)30(27-17-19-28(37-3)20-18-27)35(21-25-13-6-4-7-14-25)22-26-15-8-5-9-16-26/h4-20,30H,21-22H2,1-3H3. The SMILES string of the molecule is COc1ccc(C(c2nnnn2-c2c(C)cccc2C)N(Cc2ccccc2)Cc2ccccc2)cc1. The van der Waals surface area contributed by atoms with E-state index >= 15 is 0 Å². The summed E-state index contributed by atoms with van der Waals surface area (Å²) in [5.41, 5.74) is 6.81. The predicted molar refractivity (Wildman–Crippen MR) is 146 cm³/mol. The molecule has 5 rings (SSSR count). The minimum absolute atomic E-state index is 0.208. The molecule has 0 aliphatic rings. The van der Waals surface area contributed by atoms with Crippen LogP contribution in [0.25, 0.3) is 5.69 Å². The van der Waals surface area contributed by atoms with Crippen LogP contribution in [-0.4, -0.2) is 32.2 Å². The number of nitrogens with zero attached hydrogens (tertiary/aromatic N) is 5. The number of tetrazole rings is 1. The Hall–Kier alpha value is -4.29. The first-order valence-corrected chi connectivity index (χ1v) is 12.4. The molecule has 4 aromatic carbocycles. The van der Waals surface area contributed by atoms with Gasteiger partial charge in [-0.2, -0.15) is 4.68 Å². The average molecular weight is 490 g/mol. The van der Waals surface area contributed by atoms with E-state index in [4.69, 9.17) is 4.74 Å². The van der Waals surface area contributed by atoms with Gasteiger partial charge in [-0.15, -0.1) is 5.10 Å². The molecule has 0 aliphatic carbocycles. The van der Waals surface area contributed by atoms with E-state index in [1.54, 1.807) is 7.11 Å². The summed E-state index contributed by atoms with van der Waals surface area (Å²) >= 11 is 0. The molecule has 1 heterocycles. The van der Waals surface area contributed by atoms with Crippen molar-refractivity contribution in [1.82, 2.24) is 25.1 Å². The second-order valence-electron chi connectivity index (χ2n) is 9.24. The van der Waals surface area contributed by atoms with Crippen LogP contribution in [-0.2, 0) is 13.1 Å². The lowest BCUT2D eigenvalue weighted by atomic mass is 10.0. The molecular formula is C31H31N5O. The van der Waals surface area contributed by atoms with Gasteiger partial charge >= 0.3 is 0 Å². The van der Waals surface area contributed by atoms with Gasteiger partial charge in [-0.25, -0.2) is 0 Å². The molecule has 6 nitrogen and oxygen atoms in total. The Bertz CT molecular complexity index is 1370. The fraction of sp³-hybridized carbons (Fsp3) is 0.194. The van der Waals surface area contributed by atoms with Crippen LogP contribution >= 0.6 is 0 Å². The summed E-state index contributed by atoms with van der Waals surface area (Å²) in [6, 6.07) is 35.4. The zero-order valence-corrected chi connectivity index (χ0v) is 21.5. The van der Waals surface area contributed by atoms with E-state index in [1.807, 2.05) is 28.9 Å². The molecule has 0 radical (unpaired) electrons. The molecule has 5 aromatic rings. The van der Waals surface area contributed by atoms with Crippen LogP contribution < -0.4 is 4.74 Å². The van der Waals surface area contributed by atoms with Gasteiger partial charge in [-0.1, -0.05) is 91.0 Å². The second-order valence-corrected chi connectivity index (χ2v) is 9.24. The van der Waals surface area contributed by atoms with Crippen molar-refractivity contribution in [2.24, 2.45) is 0 Å². The van der Waals surface area contributed by atoms with E-state index in [0.29, 0.717) is 0 Å². The Morgan fingerprint density at radius 1 is 0.730 bits per heavy atom. The highest BCUT2D eigenvalue weighted by atomic mass is 16.5. The molecule has 0 amide bonds. The predicted octanol–water partition coefficient (Wildman–Crippen LogP) is 6.08. The Morgan fingerprint density at radius 3 is 1.84 bits per heavy atom. The molecule has 1 unspecified atom stereocenters. The average Bonchev–Trinajstić information content (AvgIpc) is 3.39. The molecular weight excluding hydrogens is 458 g/mol. The van der Waals surface area contributed by atoms with Gasteiger partial charge in [-0.05, 0) is 64.2 Å². The van der Waals surface area contributed by atoms with Crippen LogP contribution in [0, 0.1) is 13.8 Å². The third-order valence-corrected chi connectivity index (χ3v) is 6.64. The van der Waals surface area contributed by atoms with Crippen LogP contribution in [0.3, 0.4) is 0 Å². The quantitative estimate of drug-likeness (QED) is 0.251. The minimum Gasteiger partial charge on any atom is -0.497 e. The highest BCUT2D eigenvalue weighted by Crippen LogP contribution is 2.33. The monoisotopic (exact) mass is 489 g/mol. The van der Waals surface area contributed by atoms with Crippen LogP contribution in [0.1, 0.15) is 39.7 Å². The first-order valence-electron chi connectivity index (χ1n) is 12.4. The van der Waals surface area contributed by atoms with Crippen molar-refractivity contribution < 1.29 is 4.74 Å². The van der Waals surface area contributed by atoms with Crippen molar-refractivity contribution >= 4 is 0 Å². The number of rotatable bonds is 9. The van der Waals surface area contributed by atoms with Crippen molar-refractivity contribution in [3.8, 4) is 11.4 Å². The maximum atomic E-state index is 5.46. The summed E-state index contributed by atoms with van der Waals surface area (Å²) in [5, 5.41) is 13.3. The molecule has 186 valence electrons. The fourth-order valence-electron chi connectivity index (χ4n) is 4.85. The maximum absolute atomic E-state index is 5.46. The number of hydrogen-bond donors (Lipinski definition) is 0. The van der Waals surface area contributed by atoms with Gasteiger partial charge in [0.05, 0.1) is 18.8 Å². The third-order valence-electron chi connectivity index (χ3n) is 6.64. The molecule has 0 bridgehead atoms. The lowest BCUT2D eigenvalue weighted by molar-refractivity contribution is 0.197. The van der Waals surface area contributed by atoms with Crippen LogP contribution in [0.4, 0.5) is 0 Å². The molecule has 6 heteroatoms. The molecule has 0 saturated carbocycles. The topological polar surface area (TPSA) is 56.1 Å². The van der Waals surface area contributed by atoms with E-state index in [1.165, 1.54) is 11.1 Å². The highest BCUT2D eigenvalue weighted by molar-refractivity contribution is 5.47. The summed E-state index contributed by atoms with van der Waals surface area (Å²) in [6.45, 7) is 5.65. The Labute approximate surface area is 218 Å². The van der Waals surface area contributed by atoms with Crippen LogP contribution in [0.2, 0.25) is 0 Å². The number of methoxy groups -OCH3 is 1. The molecule has 0 spiro atoms. The highest BCUT2D eigenvalue weighted by Gasteiger charge is 2.30. The van der Waals surface area contributed by atoms with Gasteiger partial charge < -0.3 is 4.74 Å². The van der Waals surface area contributed by atoms with Gasteiger partial charge in [0.15, 0.2) is 5.82 Å². The summed E-state index contributed by atoms with van der Waals surface area (Å²) < 4.78 is 7.36. The molecule has 37 heavy (non-hydrogen) atoms. The smallest absolute Gasteiger partial charge is 0.178 e. The maximum Gasteiger partial charge on any atom is 0.178 e. The number of aromatic nitrogens is 4. The normalized spacial score (nSPS) is 12.0. The lowest BCUT2D eigenvalue weighted by Gasteiger charge is -2.32. The van der Waals surface area contributed by atoms with Crippen molar-refractivity contribution in [3.05, 3.63) is 137 Å². The number of ether oxygens (including phenoxy) is 1. The first-order chi connectivity index (χ1) is 18.1. The zero-order valence-electron chi connectivity index (χ0n) is 21.5. The van der Waals surface area contributed by atoms with Crippen molar-refractivity contribution in [2.75, 3.05) is 7.11 Å². The molecule has 0 saturated heterocycles. The minimum atomic E-state index is -0.208. The fourth-order valence-corrected chi connectivity index (χ4v) is 4.85. The van der Waals surface area contributed by atoms with Gasteiger partial charge in [0.2, 0.25) is 0 Å². The molecule has 1 atom stereocenters. The Morgan fingerprint density at radius 2 is 1.30 bits per heavy atom. The van der Waals surface area contributed by atoms with E-state index < -0.39 is 0 Å². The summed E-state index contributed by atoms with van der Waals surface area (Å²) in [6.07, 6.45) is 0. The number of benzene rings is 4. The second kappa shape index (κ2) is 11.2. The van der Waals surface area contributed by atoms with Crippen LogP contribution in [0.5, 0.6) is 5.75 Å². The molecule has 0 N–H and O–H groups in total. The largest absolute Gasteiger partial charge is 0.497 e.